The van der Waals surface area contributed by atoms with Crippen LogP contribution in [0, 0.1) is 5.92 Å². The second-order valence-electron chi connectivity index (χ2n) is 7.37. The maximum absolute atomic E-state index is 13.7. The minimum absolute atomic E-state index is 0.0442. The van der Waals surface area contributed by atoms with Crippen molar-refractivity contribution in [2.75, 3.05) is 13.1 Å². The van der Waals surface area contributed by atoms with E-state index >= 15 is 0 Å². The van der Waals surface area contributed by atoms with Crippen molar-refractivity contribution in [2.45, 2.75) is 17.7 Å². The zero-order valence-corrected chi connectivity index (χ0v) is 16.1. The van der Waals surface area contributed by atoms with E-state index in [0.29, 0.717) is 11.3 Å². The maximum Gasteiger partial charge on any atom is 0.209 e. The molecule has 3 saturated heterocycles. The van der Waals surface area contributed by atoms with E-state index in [4.69, 9.17) is 0 Å². The number of nitrogens with zero attached hydrogens (tertiary/aromatic N) is 1. The molecule has 1 N–H and O–H groups in total. The summed E-state index contributed by atoms with van der Waals surface area (Å²) < 4.78 is 27.5. The van der Waals surface area contributed by atoms with Crippen molar-refractivity contribution >= 4 is 31.4 Å². The number of hydrogen-bond acceptors (Lipinski definition) is 4. The summed E-state index contributed by atoms with van der Waals surface area (Å²) in [4.78, 5) is 18.6. The van der Waals surface area contributed by atoms with Crippen molar-refractivity contribution < 1.29 is 13.2 Å². The zero-order chi connectivity index (χ0) is 19.3. The number of rotatable bonds is 3. The highest BCUT2D eigenvalue weighted by atomic mass is 32.2. The highest BCUT2D eigenvalue weighted by molar-refractivity contribution is 8.00. The molecule has 6 heteroatoms. The lowest BCUT2D eigenvalue weighted by molar-refractivity contribution is -0.125. The fourth-order valence-corrected chi connectivity index (χ4v) is 6.04. The number of carbonyl (C=O) groups excluding carboxylic acids is 1. The Hall–Kier alpha value is -2.86. The third kappa shape index (κ3) is 2.52. The van der Waals surface area contributed by atoms with Crippen molar-refractivity contribution in [3.63, 3.8) is 0 Å². The van der Waals surface area contributed by atoms with E-state index < -0.39 is 9.84 Å². The Morgan fingerprint density at radius 1 is 0.964 bits per heavy atom. The van der Waals surface area contributed by atoms with E-state index in [1.165, 1.54) is 0 Å². The van der Waals surface area contributed by atoms with Crippen LogP contribution in [0.2, 0.25) is 0 Å². The number of Topliss-reactive ketones (excluding diaryl/α,β-unsaturated/α-hetero) is 1. The number of piperidine rings is 3. The van der Waals surface area contributed by atoms with Gasteiger partial charge in [0.15, 0.2) is 5.78 Å². The quantitative estimate of drug-likeness (QED) is 0.692. The summed E-state index contributed by atoms with van der Waals surface area (Å²) in [6.45, 7) is 1.45. The molecule has 0 unspecified atom stereocenters. The van der Waals surface area contributed by atoms with Crippen LogP contribution in [0.3, 0.4) is 0 Å². The Labute approximate surface area is 163 Å². The van der Waals surface area contributed by atoms with Crippen molar-refractivity contribution in [1.29, 1.82) is 0 Å². The molecule has 1 aromatic heterocycles. The highest BCUT2D eigenvalue weighted by Crippen LogP contribution is 2.41. The van der Waals surface area contributed by atoms with Gasteiger partial charge in [0.25, 0.3) is 0 Å². The molecule has 3 fully saturated rings. The molecule has 2 aromatic carbocycles. The zero-order valence-electron chi connectivity index (χ0n) is 15.3. The largest absolute Gasteiger partial charge is 0.368 e. The molecule has 3 aliphatic rings. The number of carbonyl (C=O) groups is 1. The van der Waals surface area contributed by atoms with Crippen LogP contribution in [0.25, 0.3) is 15.8 Å². The Kier molecular flexibility index (Phi) is 3.91. The van der Waals surface area contributed by atoms with Crippen LogP contribution >= 0.6 is 0 Å². The first kappa shape index (κ1) is 17.3. The summed E-state index contributed by atoms with van der Waals surface area (Å²) in [5.74, 6) is -0.122. The highest BCUT2D eigenvalue weighted by Gasteiger charge is 2.42. The van der Waals surface area contributed by atoms with Gasteiger partial charge in [0.05, 0.1) is 4.90 Å². The molecule has 0 aliphatic carbocycles. The van der Waals surface area contributed by atoms with Gasteiger partial charge in [-0.15, -0.1) is 0 Å². The minimum atomic E-state index is -3.87. The summed E-state index contributed by atoms with van der Waals surface area (Å²) in [5.41, 5.74) is 1.77. The number of para-hydroxylation sites is 1. The standard InChI is InChI=1S/C22H20N2O3S/c25-21-15-10-12-24(13-11-15)20(21)22(28(26,27)16-6-2-1-3-7-16)18-14-23-19-9-5-4-8-17(18)19/h1-9,14-15,23H,10-13H2. The molecule has 5 nitrogen and oxygen atoms in total. The number of allylic oxidation sites excluding steroid dienone is 1. The second-order valence-corrected chi connectivity index (χ2v) is 9.25. The molecular formula is C22H20N2O3S. The normalized spacial score (nSPS) is 19.4. The molecule has 0 amide bonds. The van der Waals surface area contributed by atoms with Crippen molar-refractivity contribution in [3.8, 4) is 0 Å². The molecule has 28 heavy (non-hydrogen) atoms. The van der Waals surface area contributed by atoms with Crippen LogP contribution in [-0.4, -0.2) is 37.2 Å². The van der Waals surface area contributed by atoms with Gasteiger partial charge in [-0.1, -0.05) is 36.4 Å². The number of H-pyrrole nitrogens is 1. The van der Waals surface area contributed by atoms with E-state index in [2.05, 4.69) is 4.98 Å². The molecule has 0 saturated carbocycles. The predicted molar refractivity (Wildman–Crippen MR) is 108 cm³/mol. The van der Waals surface area contributed by atoms with Gasteiger partial charge in [-0.25, -0.2) is 8.42 Å². The van der Waals surface area contributed by atoms with Crippen molar-refractivity contribution in [1.82, 2.24) is 9.88 Å². The summed E-state index contributed by atoms with van der Waals surface area (Å²) in [7, 11) is -3.87. The lowest BCUT2D eigenvalue weighted by Gasteiger charge is -2.42. The van der Waals surface area contributed by atoms with Crippen LogP contribution in [0.15, 0.2) is 71.4 Å². The van der Waals surface area contributed by atoms with Gasteiger partial charge in [0.2, 0.25) is 9.84 Å². The summed E-state index contributed by atoms with van der Waals surface area (Å²) in [6.07, 6.45) is 3.31. The molecule has 3 aromatic rings. The van der Waals surface area contributed by atoms with Gasteiger partial charge in [0, 0.05) is 41.7 Å². The van der Waals surface area contributed by atoms with Gasteiger partial charge >= 0.3 is 0 Å². The predicted octanol–water partition coefficient (Wildman–Crippen LogP) is 3.61. The van der Waals surface area contributed by atoms with Gasteiger partial charge < -0.3 is 9.88 Å². The van der Waals surface area contributed by atoms with Gasteiger partial charge in [-0.2, -0.15) is 0 Å². The van der Waals surface area contributed by atoms with E-state index in [0.717, 1.165) is 36.8 Å². The van der Waals surface area contributed by atoms with E-state index in [-0.39, 0.29) is 21.5 Å². The average molecular weight is 392 g/mol. The molecule has 6 rings (SSSR count). The smallest absolute Gasteiger partial charge is 0.209 e. The third-order valence-electron chi connectivity index (χ3n) is 5.79. The van der Waals surface area contributed by atoms with Crippen LogP contribution in [-0.2, 0) is 14.6 Å². The second kappa shape index (κ2) is 6.34. The molecule has 142 valence electrons. The molecule has 3 aliphatic heterocycles. The number of benzene rings is 2. The maximum atomic E-state index is 13.7. The van der Waals surface area contributed by atoms with Crippen LogP contribution < -0.4 is 0 Å². The van der Waals surface area contributed by atoms with Crippen LogP contribution in [0.1, 0.15) is 18.4 Å². The Morgan fingerprint density at radius 3 is 2.36 bits per heavy atom. The fourth-order valence-electron chi connectivity index (χ4n) is 4.35. The van der Waals surface area contributed by atoms with E-state index in [1.807, 2.05) is 29.2 Å². The average Bonchev–Trinajstić information content (AvgIpc) is 3.15. The number of nitrogens with one attached hydrogen (secondary N) is 1. The monoisotopic (exact) mass is 392 g/mol. The Balaban J connectivity index is 1.84. The molecule has 4 heterocycles. The van der Waals surface area contributed by atoms with Gasteiger partial charge in [0.1, 0.15) is 10.6 Å². The Bertz CT molecular complexity index is 1200. The minimum Gasteiger partial charge on any atom is -0.368 e. The summed E-state index contributed by atoms with van der Waals surface area (Å²) in [6, 6.07) is 16.0. The summed E-state index contributed by atoms with van der Waals surface area (Å²) >= 11 is 0. The Morgan fingerprint density at radius 2 is 1.64 bits per heavy atom. The molecule has 2 bridgehead atoms. The fraction of sp³-hybridized carbons (Fsp3) is 0.227. The van der Waals surface area contributed by atoms with E-state index in [1.54, 1.807) is 36.5 Å². The molecular weight excluding hydrogens is 372 g/mol. The van der Waals surface area contributed by atoms with Crippen molar-refractivity contribution in [3.05, 3.63) is 72.1 Å². The molecule has 0 atom stereocenters. The third-order valence-corrected chi connectivity index (χ3v) is 7.63. The van der Waals surface area contributed by atoms with Gasteiger partial charge in [-0.05, 0) is 31.0 Å². The van der Waals surface area contributed by atoms with E-state index in [9.17, 15) is 13.2 Å². The first-order chi connectivity index (χ1) is 13.6. The van der Waals surface area contributed by atoms with Crippen LogP contribution in [0.4, 0.5) is 0 Å². The SMILES string of the molecule is O=C1C(=C(c2c[nH]c3ccccc23)S(=O)(=O)c2ccccc2)N2CCC1CC2. The topological polar surface area (TPSA) is 70.2 Å². The van der Waals surface area contributed by atoms with Crippen molar-refractivity contribution in [2.24, 2.45) is 5.92 Å². The van der Waals surface area contributed by atoms with Crippen LogP contribution in [0.5, 0.6) is 0 Å². The van der Waals surface area contributed by atoms with Gasteiger partial charge in [-0.3, -0.25) is 4.79 Å². The number of hydrogen-bond donors (Lipinski definition) is 1. The number of aromatic amines is 1. The number of aromatic nitrogens is 1. The number of fused-ring (bicyclic) bond motifs is 4. The lowest BCUT2D eigenvalue weighted by Crippen LogP contribution is -2.47. The first-order valence-electron chi connectivity index (χ1n) is 9.47. The first-order valence-corrected chi connectivity index (χ1v) is 11.0. The summed E-state index contributed by atoms with van der Waals surface area (Å²) in [5, 5.41) is 0.806. The molecule has 0 spiro atoms. The molecule has 0 radical (unpaired) electrons. The lowest BCUT2D eigenvalue weighted by atomic mass is 9.84. The number of sulfone groups is 1. The number of ketones is 1.